The summed E-state index contributed by atoms with van der Waals surface area (Å²) < 4.78 is 37.8. The van der Waals surface area contributed by atoms with Crippen LogP contribution in [0.5, 0.6) is 0 Å². The van der Waals surface area contributed by atoms with Gasteiger partial charge in [-0.3, -0.25) is 0 Å². The van der Waals surface area contributed by atoms with Crippen LogP contribution in [0.1, 0.15) is 17.5 Å². The molecule has 2 aromatic rings. The summed E-state index contributed by atoms with van der Waals surface area (Å²) in [7, 11) is 0. The Hall–Kier alpha value is -1.63. The average molecular weight is 500 g/mol. The number of guanidine groups is 1. The lowest BCUT2D eigenvalue weighted by atomic mass is 10.4. The third kappa shape index (κ3) is 7.72. The molecule has 2 rings (SSSR count). The van der Waals surface area contributed by atoms with E-state index < -0.39 is 11.9 Å². The summed E-state index contributed by atoms with van der Waals surface area (Å²) in [5.41, 5.74) is -0.969. The van der Waals surface area contributed by atoms with Crippen molar-refractivity contribution >= 4 is 47.2 Å². The highest BCUT2D eigenvalue weighted by Crippen LogP contribution is 2.27. The summed E-state index contributed by atoms with van der Waals surface area (Å²) >= 11 is 1.63. The van der Waals surface area contributed by atoms with Crippen molar-refractivity contribution in [3.63, 3.8) is 0 Å². The molecule has 0 spiro atoms. The Morgan fingerprint density at radius 1 is 1.23 bits per heavy atom. The number of alkyl halides is 3. The third-order valence-electron chi connectivity index (χ3n) is 2.96. The second kappa shape index (κ2) is 11.2. The normalized spacial score (nSPS) is 11.6. The first-order chi connectivity index (χ1) is 12.0. The number of nitrogens with one attached hydrogen (secondary N) is 3. The number of anilines is 1. The summed E-state index contributed by atoms with van der Waals surface area (Å²) in [5, 5.41) is 11.0. The molecule has 11 heteroatoms. The van der Waals surface area contributed by atoms with Gasteiger partial charge >= 0.3 is 6.18 Å². The van der Waals surface area contributed by atoms with E-state index in [0.717, 1.165) is 17.1 Å². The number of rotatable bonds is 7. The molecule has 2 aromatic heterocycles. The lowest BCUT2D eigenvalue weighted by Gasteiger charge is -2.12. The van der Waals surface area contributed by atoms with Gasteiger partial charge in [0.05, 0.1) is 6.54 Å². The Labute approximate surface area is 170 Å². The van der Waals surface area contributed by atoms with Crippen LogP contribution >= 0.6 is 35.3 Å². The van der Waals surface area contributed by atoms with Gasteiger partial charge in [-0.25, -0.2) is 15.0 Å². The molecule has 2 heterocycles. The van der Waals surface area contributed by atoms with Crippen molar-refractivity contribution in [2.45, 2.75) is 19.6 Å². The molecule has 0 saturated heterocycles. The molecule has 144 valence electrons. The Bertz CT molecular complexity index is 678. The fourth-order valence-corrected chi connectivity index (χ4v) is 2.49. The number of aliphatic imine (C=N–C) groups is 1. The Morgan fingerprint density at radius 2 is 2.04 bits per heavy atom. The molecule has 0 aliphatic heterocycles. The molecule has 0 amide bonds. The van der Waals surface area contributed by atoms with E-state index in [-0.39, 0.29) is 29.9 Å². The van der Waals surface area contributed by atoms with Crippen molar-refractivity contribution in [3.05, 3.63) is 40.3 Å². The molecule has 0 atom stereocenters. The SMILES string of the molecule is CCNC(=NCc1cccs1)NCCNc1nccc(C(F)(F)F)n1.I. The van der Waals surface area contributed by atoms with Gasteiger partial charge < -0.3 is 16.0 Å². The molecule has 0 aromatic carbocycles. The maximum atomic E-state index is 12.6. The first kappa shape index (κ1) is 22.4. The van der Waals surface area contributed by atoms with Crippen molar-refractivity contribution < 1.29 is 13.2 Å². The molecular formula is C15H20F3IN6S. The number of hydrogen-bond acceptors (Lipinski definition) is 5. The molecule has 0 fully saturated rings. The maximum absolute atomic E-state index is 12.6. The second-order valence-electron chi connectivity index (χ2n) is 4.89. The van der Waals surface area contributed by atoms with Gasteiger partial charge in [0.15, 0.2) is 5.96 Å². The van der Waals surface area contributed by atoms with Crippen LogP contribution in [0.15, 0.2) is 34.8 Å². The predicted molar refractivity (Wildman–Crippen MR) is 108 cm³/mol. The molecular weight excluding hydrogens is 480 g/mol. The summed E-state index contributed by atoms with van der Waals surface area (Å²) in [5.74, 6) is 0.583. The Balaban J connectivity index is 0.00000338. The molecule has 0 aliphatic carbocycles. The zero-order chi connectivity index (χ0) is 18.1. The summed E-state index contributed by atoms with van der Waals surface area (Å²) in [4.78, 5) is 12.8. The highest BCUT2D eigenvalue weighted by Gasteiger charge is 2.32. The predicted octanol–water partition coefficient (Wildman–Crippen LogP) is 3.34. The zero-order valence-electron chi connectivity index (χ0n) is 14.0. The van der Waals surface area contributed by atoms with Gasteiger partial charge in [0.25, 0.3) is 0 Å². The minimum absolute atomic E-state index is 0. The van der Waals surface area contributed by atoms with E-state index >= 15 is 0 Å². The van der Waals surface area contributed by atoms with Crippen LogP contribution in [0.3, 0.4) is 0 Å². The first-order valence-corrected chi connectivity index (χ1v) is 8.55. The number of aromatic nitrogens is 2. The molecule has 0 unspecified atom stereocenters. The van der Waals surface area contributed by atoms with Gasteiger partial charge in [0.1, 0.15) is 5.69 Å². The lowest BCUT2D eigenvalue weighted by molar-refractivity contribution is -0.141. The summed E-state index contributed by atoms with van der Waals surface area (Å²) in [6.45, 7) is 4.04. The van der Waals surface area contributed by atoms with Crippen molar-refractivity contribution in [1.82, 2.24) is 20.6 Å². The van der Waals surface area contributed by atoms with E-state index in [1.807, 2.05) is 24.4 Å². The molecule has 0 saturated carbocycles. The Morgan fingerprint density at radius 3 is 2.69 bits per heavy atom. The lowest BCUT2D eigenvalue weighted by Crippen LogP contribution is -2.39. The highest BCUT2D eigenvalue weighted by atomic mass is 127. The quantitative estimate of drug-likeness (QED) is 0.236. The molecule has 3 N–H and O–H groups in total. The van der Waals surface area contributed by atoms with E-state index in [9.17, 15) is 13.2 Å². The van der Waals surface area contributed by atoms with Crippen molar-refractivity contribution in [1.29, 1.82) is 0 Å². The van der Waals surface area contributed by atoms with Crippen LogP contribution in [0.4, 0.5) is 19.1 Å². The fourth-order valence-electron chi connectivity index (χ4n) is 1.86. The van der Waals surface area contributed by atoms with E-state index in [1.165, 1.54) is 0 Å². The van der Waals surface area contributed by atoms with Crippen molar-refractivity contribution in [3.8, 4) is 0 Å². The smallest absolute Gasteiger partial charge is 0.357 e. The standard InChI is InChI=1S/C15H19F3N6S.HI/c1-2-19-13(23-10-11-4-3-9-25-11)21-7-8-22-14-20-6-5-12(24-14)15(16,17)18;/h3-6,9H,2,7-8,10H2,1H3,(H2,19,21,23)(H,20,22,24);1H. The van der Waals surface area contributed by atoms with Crippen molar-refractivity contribution in [2.24, 2.45) is 4.99 Å². The van der Waals surface area contributed by atoms with Gasteiger partial charge in [-0.2, -0.15) is 13.2 Å². The molecule has 6 nitrogen and oxygen atoms in total. The Kier molecular flexibility index (Phi) is 9.62. The van der Waals surface area contributed by atoms with E-state index in [2.05, 4.69) is 30.9 Å². The minimum atomic E-state index is -4.48. The maximum Gasteiger partial charge on any atom is 0.433 e. The molecule has 0 aliphatic rings. The number of thiophene rings is 1. The summed E-state index contributed by atoms with van der Waals surface area (Å²) in [6, 6.07) is 4.81. The summed E-state index contributed by atoms with van der Waals surface area (Å²) in [6.07, 6.45) is -3.40. The fraction of sp³-hybridized carbons (Fsp3) is 0.400. The van der Waals surface area contributed by atoms with Gasteiger partial charge in [0, 0.05) is 30.7 Å². The van der Waals surface area contributed by atoms with E-state index in [1.54, 1.807) is 11.3 Å². The molecule has 26 heavy (non-hydrogen) atoms. The first-order valence-electron chi connectivity index (χ1n) is 7.67. The topological polar surface area (TPSA) is 74.2 Å². The van der Waals surface area contributed by atoms with Gasteiger partial charge in [-0.15, -0.1) is 35.3 Å². The van der Waals surface area contributed by atoms with Crippen LogP contribution in [0.2, 0.25) is 0 Å². The van der Waals surface area contributed by atoms with Gasteiger partial charge in [-0.05, 0) is 24.4 Å². The van der Waals surface area contributed by atoms with E-state index in [4.69, 9.17) is 0 Å². The molecule has 0 bridgehead atoms. The highest BCUT2D eigenvalue weighted by molar-refractivity contribution is 14.0. The monoisotopic (exact) mass is 500 g/mol. The van der Waals surface area contributed by atoms with Crippen LogP contribution in [-0.2, 0) is 12.7 Å². The number of halogens is 4. The largest absolute Gasteiger partial charge is 0.433 e. The van der Waals surface area contributed by atoms with E-state index in [0.29, 0.717) is 32.1 Å². The van der Waals surface area contributed by atoms with Crippen LogP contribution in [0, 0.1) is 0 Å². The number of hydrogen-bond donors (Lipinski definition) is 3. The van der Waals surface area contributed by atoms with Crippen LogP contribution in [-0.4, -0.2) is 35.6 Å². The van der Waals surface area contributed by atoms with Gasteiger partial charge in [0.2, 0.25) is 5.95 Å². The number of nitrogens with zero attached hydrogens (tertiary/aromatic N) is 3. The third-order valence-corrected chi connectivity index (χ3v) is 3.83. The van der Waals surface area contributed by atoms with Gasteiger partial charge in [-0.1, -0.05) is 6.07 Å². The molecule has 0 radical (unpaired) electrons. The minimum Gasteiger partial charge on any atom is -0.357 e. The average Bonchev–Trinajstić information content (AvgIpc) is 3.09. The van der Waals surface area contributed by atoms with Crippen LogP contribution < -0.4 is 16.0 Å². The van der Waals surface area contributed by atoms with Crippen LogP contribution in [0.25, 0.3) is 0 Å². The second-order valence-corrected chi connectivity index (χ2v) is 5.92. The zero-order valence-corrected chi connectivity index (χ0v) is 17.2. The van der Waals surface area contributed by atoms with Crippen molar-refractivity contribution in [2.75, 3.05) is 25.0 Å².